The Kier molecular flexibility index (Phi) is 5.31. The van der Waals surface area contributed by atoms with Crippen molar-refractivity contribution in [3.63, 3.8) is 0 Å². The standard InChI is InChI=1S/C16H23N5O2/c1-5-6-13(15-17-7-8-21(15)4)20-14(22)9-12-10(2)18-11(3)19-16(12)23/h7-8,13H,5-6,9H2,1-4H3,(H,20,22)(H,18,19,23)/t13-/m1/s1. The van der Waals surface area contributed by atoms with E-state index in [1.807, 2.05) is 17.8 Å². The number of hydrogen-bond acceptors (Lipinski definition) is 4. The molecular weight excluding hydrogens is 294 g/mol. The molecule has 2 N–H and O–H groups in total. The smallest absolute Gasteiger partial charge is 0.254 e. The van der Waals surface area contributed by atoms with Gasteiger partial charge in [-0.1, -0.05) is 13.3 Å². The molecule has 124 valence electrons. The Bertz CT molecular complexity index is 747. The molecule has 1 amide bonds. The maximum absolute atomic E-state index is 12.4. The first-order chi connectivity index (χ1) is 10.9. The highest BCUT2D eigenvalue weighted by atomic mass is 16.2. The van der Waals surface area contributed by atoms with E-state index in [1.54, 1.807) is 20.0 Å². The number of aromatic nitrogens is 4. The summed E-state index contributed by atoms with van der Waals surface area (Å²) in [6.07, 6.45) is 5.28. The number of rotatable bonds is 6. The van der Waals surface area contributed by atoms with Crippen LogP contribution in [0, 0.1) is 13.8 Å². The summed E-state index contributed by atoms with van der Waals surface area (Å²) in [5.41, 5.74) is 0.739. The molecule has 1 atom stereocenters. The van der Waals surface area contributed by atoms with E-state index in [9.17, 15) is 9.59 Å². The summed E-state index contributed by atoms with van der Waals surface area (Å²) in [4.78, 5) is 35.5. The Hall–Kier alpha value is -2.44. The molecule has 0 aliphatic heterocycles. The van der Waals surface area contributed by atoms with E-state index in [0.29, 0.717) is 17.1 Å². The highest BCUT2D eigenvalue weighted by Gasteiger charge is 2.19. The van der Waals surface area contributed by atoms with Crippen molar-refractivity contribution in [3.05, 3.63) is 45.7 Å². The lowest BCUT2D eigenvalue weighted by atomic mass is 10.1. The molecule has 0 bridgehead atoms. The lowest BCUT2D eigenvalue weighted by Gasteiger charge is -2.18. The van der Waals surface area contributed by atoms with Gasteiger partial charge < -0.3 is 14.9 Å². The third kappa shape index (κ3) is 4.06. The first-order valence-electron chi connectivity index (χ1n) is 7.75. The molecule has 0 aromatic carbocycles. The molecule has 0 aliphatic rings. The van der Waals surface area contributed by atoms with Gasteiger partial charge in [0.2, 0.25) is 5.91 Å². The first-order valence-corrected chi connectivity index (χ1v) is 7.75. The molecule has 0 radical (unpaired) electrons. The van der Waals surface area contributed by atoms with E-state index in [1.165, 1.54) is 0 Å². The normalized spacial score (nSPS) is 12.2. The molecule has 23 heavy (non-hydrogen) atoms. The van der Waals surface area contributed by atoms with Crippen LogP contribution in [0.1, 0.15) is 48.7 Å². The van der Waals surface area contributed by atoms with Crippen molar-refractivity contribution < 1.29 is 4.79 Å². The van der Waals surface area contributed by atoms with Gasteiger partial charge in [0.15, 0.2) is 0 Å². The van der Waals surface area contributed by atoms with Crippen molar-refractivity contribution in [1.29, 1.82) is 0 Å². The van der Waals surface area contributed by atoms with Crippen molar-refractivity contribution in [2.75, 3.05) is 0 Å². The molecule has 0 spiro atoms. The van der Waals surface area contributed by atoms with Gasteiger partial charge in [-0.05, 0) is 20.3 Å². The molecule has 0 saturated carbocycles. The Balaban J connectivity index is 2.14. The highest BCUT2D eigenvalue weighted by molar-refractivity contribution is 5.79. The number of carbonyl (C=O) groups excluding carboxylic acids is 1. The molecule has 7 heteroatoms. The number of carbonyl (C=O) groups is 1. The zero-order valence-corrected chi connectivity index (χ0v) is 14.0. The van der Waals surface area contributed by atoms with Gasteiger partial charge in [0.05, 0.1) is 12.5 Å². The van der Waals surface area contributed by atoms with Crippen LogP contribution in [0.5, 0.6) is 0 Å². The lowest BCUT2D eigenvalue weighted by Crippen LogP contribution is -2.33. The van der Waals surface area contributed by atoms with Gasteiger partial charge in [0.25, 0.3) is 5.56 Å². The first kappa shape index (κ1) is 16.9. The minimum atomic E-state index is -0.255. The number of aryl methyl sites for hydroxylation is 3. The third-order valence-electron chi connectivity index (χ3n) is 3.76. The van der Waals surface area contributed by atoms with Crippen LogP contribution < -0.4 is 10.9 Å². The Morgan fingerprint density at radius 3 is 2.74 bits per heavy atom. The third-order valence-corrected chi connectivity index (χ3v) is 3.76. The maximum Gasteiger partial charge on any atom is 0.254 e. The summed E-state index contributed by atoms with van der Waals surface area (Å²) in [5, 5.41) is 2.98. The maximum atomic E-state index is 12.4. The van der Waals surface area contributed by atoms with Gasteiger partial charge in [-0.15, -0.1) is 0 Å². The predicted octanol–water partition coefficient (Wildman–Crippen LogP) is 1.32. The van der Waals surface area contributed by atoms with Crippen LogP contribution in [0.4, 0.5) is 0 Å². The van der Waals surface area contributed by atoms with E-state index in [2.05, 4.69) is 27.2 Å². The molecule has 2 heterocycles. The molecule has 0 aliphatic carbocycles. The van der Waals surface area contributed by atoms with Crippen molar-refractivity contribution in [1.82, 2.24) is 24.8 Å². The number of hydrogen-bond donors (Lipinski definition) is 2. The molecule has 0 saturated heterocycles. The second-order valence-electron chi connectivity index (χ2n) is 5.70. The minimum Gasteiger partial charge on any atom is -0.346 e. The lowest BCUT2D eigenvalue weighted by molar-refractivity contribution is -0.121. The van der Waals surface area contributed by atoms with E-state index in [0.717, 1.165) is 18.7 Å². The number of imidazole rings is 1. The SMILES string of the molecule is CCC[C@@H](NC(=O)Cc1c(C)nc(C)[nH]c1=O)c1nccn1C. The summed E-state index contributed by atoms with van der Waals surface area (Å²) in [5.74, 6) is 1.16. The number of aromatic amines is 1. The molecule has 2 aromatic rings. The summed E-state index contributed by atoms with van der Waals surface area (Å²) in [6, 6.07) is -0.162. The van der Waals surface area contributed by atoms with Crippen LogP contribution in [0.25, 0.3) is 0 Å². The van der Waals surface area contributed by atoms with Crippen LogP contribution in [-0.4, -0.2) is 25.4 Å². The number of H-pyrrole nitrogens is 1. The van der Waals surface area contributed by atoms with Crippen LogP contribution in [-0.2, 0) is 18.3 Å². The van der Waals surface area contributed by atoms with Gasteiger partial charge in [-0.2, -0.15) is 0 Å². The molecule has 2 aromatic heterocycles. The van der Waals surface area contributed by atoms with E-state index < -0.39 is 0 Å². The second-order valence-corrected chi connectivity index (χ2v) is 5.70. The predicted molar refractivity (Wildman–Crippen MR) is 87.0 cm³/mol. The van der Waals surface area contributed by atoms with Gasteiger partial charge in [-0.25, -0.2) is 9.97 Å². The Morgan fingerprint density at radius 2 is 2.17 bits per heavy atom. The largest absolute Gasteiger partial charge is 0.346 e. The van der Waals surface area contributed by atoms with E-state index >= 15 is 0 Å². The molecule has 0 unspecified atom stereocenters. The average Bonchev–Trinajstić information content (AvgIpc) is 2.88. The van der Waals surface area contributed by atoms with Crippen molar-refractivity contribution in [2.45, 2.75) is 46.1 Å². The van der Waals surface area contributed by atoms with Crippen LogP contribution in [0.15, 0.2) is 17.2 Å². The average molecular weight is 317 g/mol. The fourth-order valence-corrected chi connectivity index (χ4v) is 2.63. The topological polar surface area (TPSA) is 92.7 Å². The quantitative estimate of drug-likeness (QED) is 0.840. The zero-order chi connectivity index (χ0) is 17.0. The van der Waals surface area contributed by atoms with Crippen LogP contribution in [0.3, 0.4) is 0 Å². The van der Waals surface area contributed by atoms with Crippen molar-refractivity contribution in [3.8, 4) is 0 Å². The van der Waals surface area contributed by atoms with Crippen molar-refractivity contribution >= 4 is 5.91 Å². The van der Waals surface area contributed by atoms with Gasteiger partial charge in [0.1, 0.15) is 11.6 Å². The molecule has 0 fully saturated rings. The monoisotopic (exact) mass is 317 g/mol. The van der Waals surface area contributed by atoms with Crippen LogP contribution >= 0.6 is 0 Å². The fraction of sp³-hybridized carbons (Fsp3) is 0.500. The number of nitrogens with one attached hydrogen (secondary N) is 2. The van der Waals surface area contributed by atoms with Gasteiger partial charge in [0, 0.05) is 30.7 Å². The summed E-state index contributed by atoms with van der Waals surface area (Å²) >= 11 is 0. The Labute approximate surface area is 135 Å². The van der Waals surface area contributed by atoms with Gasteiger partial charge >= 0.3 is 0 Å². The number of nitrogens with zero attached hydrogens (tertiary/aromatic N) is 3. The number of amides is 1. The second kappa shape index (κ2) is 7.21. The van der Waals surface area contributed by atoms with Crippen molar-refractivity contribution in [2.24, 2.45) is 7.05 Å². The highest BCUT2D eigenvalue weighted by Crippen LogP contribution is 2.16. The van der Waals surface area contributed by atoms with Gasteiger partial charge in [-0.3, -0.25) is 9.59 Å². The molecule has 2 rings (SSSR count). The molecular formula is C16H23N5O2. The summed E-state index contributed by atoms with van der Waals surface area (Å²) in [6.45, 7) is 5.52. The molecule has 7 nitrogen and oxygen atoms in total. The summed E-state index contributed by atoms with van der Waals surface area (Å²) in [7, 11) is 1.90. The van der Waals surface area contributed by atoms with E-state index in [4.69, 9.17) is 0 Å². The zero-order valence-electron chi connectivity index (χ0n) is 14.0. The summed E-state index contributed by atoms with van der Waals surface area (Å²) < 4.78 is 1.89. The fourth-order valence-electron chi connectivity index (χ4n) is 2.63. The minimum absolute atomic E-state index is 0.0130. The van der Waals surface area contributed by atoms with E-state index in [-0.39, 0.29) is 23.9 Å². The Morgan fingerprint density at radius 1 is 1.43 bits per heavy atom. The van der Waals surface area contributed by atoms with Crippen LogP contribution in [0.2, 0.25) is 0 Å².